The average molecular weight is 437 g/mol. The molecule has 0 radical (unpaired) electrons. The fourth-order valence-electron chi connectivity index (χ4n) is 3.67. The predicted molar refractivity (Wildman–Crippen MR) is 124 cm³/mol. The van der Waals surface area contributed by atoms with Gasteiger partial charge in [0.1, 0.15) is 11.4 Å². The van der Waals surface area contributed by atoms with Crippen LogP contribution in [0.4, 0.5) is 5.69 Å². The van der Waals surface area contributed by atoms with Gasteiger partial charge in [-0.25, -0.2) is 4.98 Å². The van der Waals surface area contributed by atoms with Crippen molar-refractivity contribution in [1.29, 1.82) is 0 Å². The molecule has 32 heavy (non-hydrogen) atoms. The van der Waals surface area contributed by atoms with Crippen LogP contribution in [0.2, 0.25) is 0 Å². The molecule has 3 heterocycles. The molecular formula is C23H28BN3O5. The number of nitrogens with one attached hydrogen (secondary N) is 1. The monoisotopic (exact) mass is 437 g/mol. The maximum atomic E-state index is 13.1. The van der Waals surface area contributed by atoms with Gasteiger partial charge in [0.2, 0.25) is 5.88 Å². The van der Waals surface area contributed by atoms with E-state index in [1.54, 1.807) is 43.2 Å². The first-order valence-electron chi connectivity index (χ1n) is 10.4. The molecule has 1 fully saturated rings. The molecule has 1 N–H and O–H groups in total. The Hall–Kier alpha value is -3.04. The van der Waals surface area contributed by atoms with Crippen LogP contribution >= 0.6 is 0 Å². The highest BCUT2D eigenvalue weighted by atomic mass is 16.7. The molecule has 1 amide bonds. The summed E-state index contributed by atoms with van der Waals surface area (Å²) in [6, 6.07) is 9.10. The summed E-state index contributed by atoms with van der Waals surface area (Å²) in [6.45, 7) is 8.03. The van der Waals surface area contributed by atoms with E-state index in [-0.39, 0.29) is 5.91 Å². The summed E-state index contributed by atoms with van der Waals surface area (Å²) in [5.74, 6) is 0.757. The van der Waals surface area contributed by atoms with Gasteiger partial charge in [0.15, 0.2) is 0 Å². The molecule has 0 atom stereocenters. The average Bonchev–Trinajstić information content (AvgIpc) is 3.19. The van der Waals surface area contributed by atoms with E-state index < -0.39 is 18.3 Å². The van der Waals surface area contributed by atoms with Crippen LogP contribution in [0.1, 0.15) is 38.2 Å². The molecule has 0 bridgehead atoms. The van der Waals surface area contributed by atoms with Gasteiger partial charge in [-0.15, -0.1) is 0 Å². The van der Waals surface area contributed by atoms with E-state index in [2.05, 4.69) is 10.3 Å². The van der Waals surface area contributed by atoms with Crippen molar-refractivity contribution in [2.45, 2.75) is 38.9 Å². The number of hydrogen-bond acceptors (Lipinski definition) is 6. The van der Waals surface area contributed by atoms with E-state index in [1.807, 2.05) is 46.9 Å². The van der Waals surface area contributed by atoms with Gasteiger partial charge < -0.3 is 28.7 Å². The molecule has 9 heteroatoms. The summed E-state index contributed by atoms with van der Waals surface area (Å²) in [5, 5.41) is 3.81. The molecule has 1 aromatic carbocycles. The van der Waals surface area contributed by atoms with Crippen molar-refractivity contribution in [1.82, 2.24) is 9.55 Å². The molecule has 1 aliphatic heterocycles. The second-order valence-electron chi connectivity index (χ2n) is 8.88. The number of fused-ring (bicyclic) bond motifs is 1. The third kappa shape index (κ3) is 3.71. The maximum absolute atomic E-state index is 13.1. The van der Waals surface area contributed by atoms with Crippen LogP contribution in [0.3, 0.4) is 0 Å². The molecule has 1 saturated heterocycles. The highest BCUT2D eigenvalue weighted by molar-refractivity contribution is 6.62. The molecule has 0 aliphatic carbocycles. The fraction of sp³-hybridized carbons (Fsp3) is 0.391. The number of anilines is 1. The number of aryl methyl sites for hydroxylation is 1. The van der Waals surface area contributed by atoms with Crippen LogP contribution in [-0.2, 0) is 16.4 Å². The molecule has 1 aliphatic rings. The molecule has 3 aromatic rings. The molecular weight excluding hydrogens is 409 g/mol. The molecule has 8 nitrogen and oxygen atoms in total. The van der Waals surface area contributed by atoms with Crippen LogP contribution < -0.4 is 20.3 Å². The van der Waals surface area contributed by atoms with E-state index in [4.69, 9.17) is 18.8 Å². The van der Waals surface area contributed by atoms with Crippen molar-refractivity contribution in [2.75, 3.05) is 19.5 Å². The number of carbonyl (C=O) groups excluding carboxylic acids is 1. The third-order valence-corrected chi connectivity index (χ3v) is 6.34. The summed E-state index contributed by atoms with van der Waals surface area (Å²) in [6.07, 6.45) is 1.69. The Labute approximate surface area is 188 Å². The highest BCUT2D eigenvalue weighted by Gasteiger charge is 2.51. The number of aromatic nitrogens is 2. The molecule has 0 unspecified atom stereocenters. The Morgan fingerprint density at radius 1 is 1.06 bits per heavy atom. The second kappa shape index (κ2) is 7.83. The Kier molecular flexibility index (Phi) is 5.42. The number of methoxy groups -OCH3 is 2. The summed E-state index contributed by atoms with van der Waals surface area (Å²) in [5.41, 5.74) is 1.82. The zero-order chi connectivity index (χ0) is 23.3. The lowest BCUT2D eigenvalue weighted by molar-refractivity contribution is 0.00578. The first kappa shape index (κ1) is 22.2. The number of benzene rings is 1. The van der Waals surface area contributed by atoms with Gasteiger partial charge in [0, 0.05) is 18.5 Å². The third-order valence-electron chi connectivity index (χ3n) is 6.34. The first-order chi connectivity index (χ1) is 15.1. The highest BCUT2D eigenvalue weighted by Crippen LogP contribution is 2.37. The van der Waals surface area contributed by atoms with Gasteiger partial charge in [-0.3, -0.25) is 4.79 Å². The summed E-state index contributed by atoms with van der Waals surface area (Å²) >= 11 is 0. The number of carbonyl (C=O) groups is 1. The van der Waals surface area contributed by atoms with Crippen molar-refractivity contribution >= 4 is 35.1 Å². The van der Waals surface area contributed by atoms with Crippen molar-refractivity contribution in [2.24, 2.45) is 7.05 Å². The van der Waals surface area contributed by atoms with Gasteiger partial charge in [0.05, 0.1) is 42.8 Å². The minimum absolute atomic E-state index is 0.260. The van der Waals surface area contributed by atoms with E-state index in [0.29, 0.717) is 23.0 Å². The number of pyridine rings is 1. The zero-order valence-electron chi connectivity index (χ0n) is 19.5. The lowest BCUT2D eigenvalue weighted by Gasteiger charge is -2.32. The van der Waals surface area contributed by atoms with Crippen LogP contribution in [0.25, 0.3) is 10.9 Å². The number of rotatable bonds is 5. The standard InChI is InChI=1S/C23H28BN3O5/c1-22(2)23(3,4)32-24(31-22)15-8-9-16(19(12-15)29-6)26-21(28)17-10-14-11-20(30-7)25-13-18(14)27(17)5/h8-13H,1-7H3,(H,26,28). The van der Waals surface area contributed by atoms with Crippen molar-refractivity contribution in [3.05, 3.63) is 42.2 Å². The van der Waals surface area contributed by atoms with Gasteiger partial charge in [-0.05, 0) is 51.4 Å². The predicted octanol–water partition coefficient (Wildman–Crippen LogP) is 3.14. The largest absolute Gasteiger partial charge is 0.495 e. The van der Waals surface area contributed by atoms with Crippen LogP contribution in [-0.4, -0.2) is 48.0 Å². The normalized spacial score (nSPS) is 16.9. The minimum atomic E-state index is -0.515. The topological polar surface area (TPSA) is 83.8 Å². The number of amides is 1. The Bertz CT molecular complexity index is 1170. The van der Waals surface area contributed by atoms with E-state index in [1.165, 1.54) is 0 Å². The lowest BCUT2D eigenvalue weighted by Crippen LogP contribution is -2.41. The summed E-state index contributed by atoms with van der Waals surface area (Å²) in [7, 11) is 4.43. The quantitative estimate of drug-likeness (QED) is 0.618. The molecule has 2 aromatic heterocycles. The second-order valence-corrected chi connectivity index (χ2v) is 8.88. The van der Waals surface area contributed by atoms with Gasteiger partial charge in [-0.1, -0.05) is 6.07 Å². The van der Waals surface area contributed by atoms with E-state index in [0.717, 1.165) is 16.4 Å². The first-order valence-corrected chi connectivity index (χ1v) is 10.4. The molecule has 168 valence electrons. The smallest absolute Gasteiger partial charge is 0.494 e. The molecule has 0 spiro atoms. The fourth-order valence-corrected chi connectivity index (χ4v) is 3.67. The van der Waals surface area contributed by atoms with Gasteiger partial charge in [-0.2, -0.15) is 0 Å². The van der Waals surface area contributed by atoms with E-state index >= 15 is 0 Å². The molecule has 0 saturated carbocycles. The lowest BCUT2D eigenvalue weighted by atomic mass is 9.79. The molecule has 4 rings (SSSR count). The van der Waals surface area contributed by atoms with Crippen molar-refractivity contribution in [3.8, 4) is 11.6 Å². The Morgan fingerprint density at radius 2 is 1.75 bits per heavy atom. The van der Waals surface area contributed by atoms with Gasteiger partial charge in [0.25, 0.3) is 5.91 Å². The van der Waals surface area contributed by atoms with Crippen molar-refractivity contribution in [3.63, 3.8) is 0 Å². The summed E-state index contributed by atoms with van der Waals surface area (Å²) in [4.78, 5) is 17.3. The summed E-state index contributed by atoms with van der Waals surface area (Å²) < 4.78 is 24.8. The Balaban J connectivity index is 1.59. The SMILES string of the molecule is COc1cc2cc(C(=O)Nc3ccc(B4OC(C)(C)C(C)(C)O4)cc3OC)n(C)c2cn1. The Morgan fingerprint density at radius 3 is 2.38 bits per heavy atom. The minimum Gasteiger partial charge on any atom is -0.495 e. The zero-order valence-corrected chi connectivity index (χ0v) is 19.5. The van der Waals surface area contributed by atoms with E-state index in [9.17, 15) is 4.79 Å². The van der Waals surface area contributed by atoms with Crippen LogP contribution in [0.5, 0.6) is 11.6 Å². The van der Waals surface area contributed by atoms with Crippen LogP contribution in [0.15, 0.2) is 36.5 Å². The maximum Gasteiger partial charge on any atom is 0.494 e. The number of hydrogen-bond donors (Lipinski definition) is 1. The number of nitrogens with zero attached hydrogens (tertiary/aromatic N) is 2. The number of ether oxygens (including phenoxy) is 2. The van der Waals surface area contributed by atoms with Gasteiger partial charge >= 0.3 is 7.12 Å². The van der Waals surface area contributed by atoms with Crippen molar-refractivity contribution < 1.29 is 23.6 Å². The van der Waals surface area contributed by atoms with Crippen LogP contribution in [0, 0.1) is 0 Å².